The van der Waals surface area contributed by atoms with Gasteiger partial charge in [-0.15, -0.1) is 0 Å². The molecule has 0 aromatic heterocycles. The van der Waals surface area contributed by atoms with Crippen molar-refractivity contribution in [2.45, 2.75) is 30.0 Å². The Kier molecular flexibility index (Phi) is 4.09. The van der Waals surface area contributed by atoms with Gasteiger partial charge in [0.15, 0.2) is 0 Å². The lowest BCUT2D eigenvalue weighted by Crippen LogP contribution is -2.36. The van der Waals surface area contributed by atoms with E-state index in [2.05, 4.69) is 0 Å². The van der Waals surface area contributed by atoms with Crippen molar-refractivity contribution in [3.63, 3.8) is 0 Å². The van der Waals surface area contributed by atoms with Crippen LogP contribution in [0.2, 0.25) is 0 Å². The molecular formula is C13H16ClFO2S. The predicted molar refractivity (Wildman–Crippen MR) is 71.1 cm³/mol. The van der Waals surface area contributed by atoms with E-state index in [9.17, 15) is 8.60 Å². The highest BCUT2D eigenvalue weighted by atomic mass is 35.5. The molecule has 1 aliphatic rings. The quantitative estimate of drug-likeness (QED) is 0.800. The molecule has 4 atom stereocenters. The van der Waals surface area contributed by atoms with Crippen LogP contribution in [-0.2, 0) is 15.5 Å². The molecule has 0 aliphatic carbocycles. The fourth-order valence-electron chi connectivity index (χ4n) is 1.88. The van der Waals surface area contributed by atoms with Crippen LogP contribution in [-0.4, -0.2) is 27.8 Å². The zero-order valence-electron chi connectivity index (χ0n) is 10.4. The van der Waals surface area contributed by atoms with Crippen molar-refractivity contribution >= 4 is 22.4 Å². The van der Waals surface area contributed by atoms with Gasteiger partial charge in [-0.2, -0.15) is 0 Å². The summed E-state index contributed by atoms with van der Waals surface area (Å²) in [5, 5.41) is -1.92. The molecule has 0 unspecified atom stereocenters. The average Bonchev–Trinajstić information content (AvgIpc) is 2.57. The average molecular weight is 291 g/mol. The molecule has 1 heterocycles. The first kappa shape index (κ1) is 14.0. The lowest BCUT2D eigenvalue weighted by molar-refractivity contribution is 0.0798. The van der Waals surface area contributed by atoms with Crippen LogP contribution in [0.3, 0.4) is 0 Å². The number of benzene rings is 1. The lowest BCUT2D eigenvalue weighted by atomic mass is 10.1. The molecule has 0 bridgehead atoms. The van der Waals surface area contributed by atoms with Crippen LogP contribution < -0.4 is 0 Å². The Labute approximate surface area is 114 Å². The molecule has 0 radical (unpaired) electrons. The van der Waals surface area contributed by atoms with Crippen LogP contribution in [0.4, 0.5) is 4.39 Å². The van der Waals surface area contributed by atoms with Gasteiger partial charge in [0.25, 0.3) is 0 Å². The largest absolute Gasteiger partial charge is 0.372 e. The minimum absolute atomic E-state index is 0.0907. The summed E-state index contributed by atoms with van der Waals surface area (Å²) in [7, 11) is -1.29. The van der Waals surface area contributed by atoms with E-state index in [0.717, 1.165) is 5.56 Å². The van der Waals surface area contributed by atoms with Crippen molar-refractivity contribution in [3.8, 4) is 0 Å². The highest BCUT2D eigenvalue weighted by Gasteiger charge is 2.49. The number of alkyl halides is 2. The zero-order valence-corrected chi connectivity index (χ0v) is 11.9. The molecular weight excluding hydrogens is 275 g/mol. The summed E-state index contributed by atoms with van der Waals surface area (Å²) in [5.41, 5.74) is 1.10. The fraction of sp³-hybridized carbons (Fsp3) is 0.538. The molecule has 1 fully saturated rings. The second-order valence-electron chi connectivity index (χ2n) is 4.72. The van der Waals surface area contributed by atoms with Gasteiger partial charge in [0.1, 0.15) is 6.10 Å². The van der Waals surface area contributed by atoms with Gasteiger partial charge in [-0.05, 0) is 19.1 Å². The minimum atomic E-state index is -1.92. The summed E-state index contributed by atoms with van der Waals surface area (Å²) in [5.74, 6) is -0.285. The first-order chi connectivity index (χ1) is 8.41. The molecule has 100 valence electrons. The van der Waals surface area contributed by atoms with Gasteiger partial charge in [-0.1, -0.05) is 36.2 Å². The Morgan fingerprint density at radius 1 is 1.50 bits per heavy atom. The molecule has 0 amide bonds. The molecule has 1 aromatic rings. The van der Waals surface area contributed by atoms with E-state index in [-0.39, 0.29) is 18.3 Å². The summed E-state index contributed by atoms with van der Waals surface area (Å²) in [4.78, 5) is 0.677. The van der Waals surface area contributed by atoms with Crippen molar-refractivity contribution in [2.24, 2.45) is 5.92 Å². The van der Waals surface area contributed by atoms with Crippen LogP contribution >= 0.6 is 11.6 Å². The third-order valence-electron chi connectivity index (χ3n) is 3.22. The highest BCUT2D eigenvalue weighted by molar-refractivity contribution is 7.85. The Hall–Kier alpha value is -0.450. The predicted octanol–water partition coefficient (Wildman–Crippen LogP) is 3.04. The maximum absolute atomic E-state index is 14.1. The Morgan fingerprint density at radius 2 is 2.11 bits per heavy atom. The Balaban J connectivity index is 2.06. The van der Waals surface area contributed by atoms with Crippen LogP contribution in [0.25, 0.3) is 0 Å². The second kappa shape index (κ2) is 5.27. The second-order valence-corrected chi connectivity index (χ2v) is 6.80. The standard InChI is InChI=1S/C13H16ClFO2S/c1-9-3-5-11(6-4-9)18(16)8-12-13(14,15)10(2)7-17-12/h3-6,10,12H,7-8H2,1-2H3/t10-,12+,13-,18-/m0/s1. The number of hydrogen-bond donors (Lipinski definition) is 0. The van der Waals surface area contributed by atoms with Gasteiger partial charge in [-0.25, -0.2) is 4.39 Å². The Bertz CT molecular complexity index is 447. The minimum Gasteiger partial charge on any atom is -0.372 e. The normalized spacial score (nSPS) is 33.6. The van der Waals surface area contributed by atoms with Gasteiger partial charge in [0.05, 0.1) is 23.2 Å². The molecule has 18 heavy (non-hydrogen) atoms. The van der Waals surface area contributed by atoms with Crippen LogP contribution in [0.5, 0.6) is 0 Å². The number of aryl methyl sites for hydroxylation is 1. The summed E-state index contributed by atoms with van der Waals surface area (Å²) < 4.78 is 31.5. The molecule has 2 rings (SSSR count). The van der Waals surface area contributed by atoms with Crippen LogP contribution in [0, 0.1) is 12.8 Å². The van der Waals surface area contributed by atoms with E-state index < -0.39 is 22.0 Å². The molecule has 1 saturated heterocycles. The molecule has 5 heteroatoms. The smallest absolute Gasteiger partial charge is 0.215 e. The van der Waals surface area contributed by atoms with Gasteiger partial charge in [0.2, 0.25) is 5.13 Å². The van der Waals surface area contributed by atoms with Gasteiger partial charge < -0.3 is 4.74 Å². The maximum atomic E-state index is 14.1. The third kappa shape index (κ3) is 2.76. The number of ether oxygens (including phenoxy) is 1. The van der Waals surface area contributed by atoms with Crippen molar-refractivity contribution < 1.29 is 13.3 Å². The first-order valence-electron chi connectivity index (χ1n) is 5.85. The fourth-order valence-corrected chi connectivity index (χ4v) is 3.42. The number of hydrogen-bond acceptors (Lipinski definition) is 2. The number of rotatable bonds is 3. The van der Waals surface area contributed by atoms with E-state index in [0.29, 0.717) is 4.90 Å². The van der Waals surface area contributed by atoms with Gasteiger partial charge >= 0.3 is 0 Å². The van der Waals surface area contributed by atoms with Crippen LogP contribution in [0.15, 0.2) is 29.2 Å². The monoisotopic (exact) mass is 290 g/mol. The van der Waals surface area contributed by atoms with Gasteiger partial charge in [-0.3, -0.25) is 4.21 Å². The van der Waals surface area contributed by atoms with E-state index in [1.54, 1.807) is 19.1 Å². The molecule has 0 N–H and O–H groups in total. The van der Waals surface area contributed by atoms with Crippen molar-refractivity contribution in [3.05, 3.63) is 29.8 Å². The molecule has 0 spiro atoms. The van der Waals surface area contributed by atoms with E-state index in [1.807, 2.05) is 19.1 Å². The summed E-state index contributed by atoms with van der Waals surface area (Å²) in [6, 6.07) is 7.35. The third-order valence-corrected chi connectivity index (χ3v) is 5.24. The summed E-state index contributed by atoms with van der Waals surface area (Å²) in [6.07, 6.45) is -0.809. The van der Waals surface area contributed by atoms with E-state index in [1.165, 1.54) is 0 Å². The molecule has 2 nitrogen and oxygen atoms in total. The Morgan fingerprint density at radius 3 is 2.61 bits per heavy atom. The summed E-state index contributed by atoms with van der Waals surface area (Å²) >= 11 is 5.81. The lowest BCUT2D eigenvalue weighted by Gasteiger charge is -2.21. The van der Waals surface area contributed by atoms with Crippen molar-refractivity contribution in [1.82, 2.24) is 0 Å². The van der Waals surface area contributed by atoms with Crippen molar-refractivity contribution in [2.75, 3.05) is 12.4 Å². The zero-order chi connectivity index (χ0) is 13.3. The van der Waals surface area contributed by atoms with E-state index >= 15 is 0 Å². The summed E-state index contributed by atoms with van der Waals surface area (Å²) in [6.45, 7) is 3.93. The van der Waals surface area contributed by atoms with Gasteiger partial charge in [0, 0.05) is 10.8 Å². The topological polar surface area (TPSA) is 26.3 Å². The molecule has 1 aliphatic heterocycles. The SMILES string of the molecule is Cc1ccc([S@@](=O)C[C@H]2OC[C@H](C)[C@@]2(F)Cl)cc1. The number of halogens is 2. The van der Waals surface area contributed by atoms with E-state index in [4.69, 9.17) is 16.3 Å². The highest BCUT2D eigenvalue weighted by Crippen LogP contribution is 2.39. The van der Waals surface area contributed by atoms with Crippen molar-refractivity contribution in [1.29, 1.82) is 0 Å². The molecule has 0 saturated carbocycles. The first-order valence-corrected chi connectivity index (χ1v) is 7.55. The van der Waals surface area contributed by atoms with Crippen LogP contribution in [0.1, 0.15) is 12.5 Å². The maximum Gasteiger partial charge on any atom is 0.215 e. The molecule has 1 aromatic carbocycles.